The van der Waals surface area contributed by atoms with Gasteiger partial charge in [0.1, 0.15) is 11.8 Å². The van der Waals surface area contributed by atoms with E-state index in [1.165, 1.54) is 24.7 Å². The van der Waals surface area contributed by atoms with Crippen molar-refractivity contribution in [3.05, 3.63) is 46.5 Å². The third kappa shape index (κ3) is 3.82. The summed E-state index contributed by atoms with van der Waals surface area (Å²) in [5.41, 5.74) is 0.585. The number of hydrogen-bond acceptors (Lipinski definition) is 4. The molecule has 0 radical (unpaired) electrons. The number of rotatable bonds is 5. The zero-order valence-electron chi connectivity index (χ0n) is 10.7. The Hall–Kier alpha value is -2.35. The molecule has 1 aromatic heterocycles. The van der Waals surface area contributed by atoms with Gasteiger partial charge in [0.2, 0.25) is 0 Å². The second-order valence-electron chi connectivity index (χ2n) is 4.31. The lowest BCUT2D eigenvalue weighted by atomic mass is 10.1. The minimum atomic E-state index is -1.17. The van der Waals surface area contributed by atoms with Crippen LogP contribution in [0, 0.1) is 0 Å². The predicted octanol–water partition coefficient (Wildman–Crippen LogP) is 1.30. The number of nitrogens with one attached hydrogen (secondary N) is 2. The Morgan fingerprint density at radius 2 is 2.19 bits per heavy atom. The van der Waals surface area contributed by atoms with Crippen LogP contribution in [0.3, 0.4) is 0 Å². The maximum absolute atomic E-state index is 12.1. The van der Waals surface area contributed by atoms with Gasteiger partial charge in [-0.25, -0.2) is 9.78 Å². The molecule has 0 bridgehead atoms. The summed E-state index contributed by atoms with van der Waals surface area (Å²) in [4.78, 5) is 29.9. The largest absolute Gasteiger partial charge is 0.507 e. The number of carbonyl (C=O) groups is 2. The lowest BCUT2D eigenvalue weighted by Gasteiger charge is -2.14. The molecule has 0 saturated heterocycles. The SMILES string of the molecule is O=C(N[C@@H](Cc1cnc[nH]1)C(=O)O)c1cc(Br)ccc1O. The lowest BCUT2D eigenvalue weighted by molar-refractivity contribution is -0.139. The lowest BCUT2D eigenvalue weighted by Crippen LogP contribution is -2.42. The Bertz CT molecular complexity index is 657. The number of aromatic nitrogens is 2. The van der Waals surface area contributed by atoms with Crippen molar-refractivity contribution in [1.29, 1.82) is 0 Å². The minimum Gasteiger partial charge on any atom is -0.507 e. The van der Waals surface area contributed by atoms with Crippen molar-refractivity contribution in [3.63, 3.8) is 0 Å². The molecule has 8 heteroatoms. The number of carboxylic acids is 1. The number of phenols is 1. The fourth-order valence-corrected chi connectivity index (χ4v) is 2.10. The second kappa shape index (κ2) is 6.40. The molecule has 1 amide bonds. The van der Waals surface area contributed by atoms with Crippen molar-refractivity contribution in [2.24, 2.45) is 0 Å². The van der Waals surface area contributed by atoms with E-state index in [-0.39, 0.29) is 17.7 Å². The highest BCUT2D eigenvalue weighted by Crippen LogP contribution is 2.21. The van der Waals surface area contributed by atoms with Crippen LogP contribution in [-0.2, 0) is 11.2 Å². The Morgan fingerprint density at radius 1 is 1.43 bits per heavy atom. The molecule has 0 aliphatic carbocycles. The van der Waals surface area contributed by atoms with Crippen molar-refractivity contribution >= 4 is 27.8 Å². The van der Waals surface area contributed by atoms with E-state index in [9.17, 15) is 19.8 Å². The number of carbonyl (C=O) groups excluding carboxylic acids is 1. The first-order valence-electron chi connectivity index (χ1n) is 5.97. The standard InChI is InChI=1S/C13H12BrN3O4/c14-7-1-2-11(18)9(3-7)12(19)17-10(13(20)21)4-8-5-15-6-16-8/h1-3,5-6,10,18H,4H2,(H,15,16)(H,17,19)(H,20,21)/t10-/m0/s1. The summed E-state index contributed by atoms with van der Waals surface area (Å²) in [5, 5.41) is 21.2. The van der Waals surface area contributed by atoms with Gasteiger partial charge in [-0.05, 0) is 18.2 Å². The highest BCUT2D eigenvalue weighted by atomic mass is 79.9. The van der Waals surface area contributed by atoms with Crippen molar-refractivity contribution in [2.75, 3.05) is 0 Å². The van der Waals surface area contributed by atoms with Gasteiger partial charge in [0.05, 0.1) is 11.9 Å². The van der Waals surface area contributed by atoms with Gasteiger partial charge in [0.15, 0.2) is 0 Å². The number of hydrogen-bond donors (Lipinski definition) is 4. The molecular formula is C13H12BrN3O4. The molecule has 2 aromatic rings. The molecule has 0 aliphatic rings. The zero-order valence-corrected chi connectivity index (χ0v) is 12.3. The molecule has 2 rings (SSSR count). The summed E-state index contributed by atoms with van der Waals surface area (Å²) >= 11 is 3.19. The van der Waals surface area contributed by atoms with E-state index in [2.05, 4.69) is 31.2 Å². The molecule has 1 aromatic carbocycles. The maximum atomic E-state index is 12.1. The van der Waals surface area contributed by atoms with Crippen LogP contribution >= 0.6 is 15.9 Å². The third-order valence-electron chi connectivity index (χ3n) is 2.79. The first-order valence-corrected chi connectivity index (χ1v) is 6.76. The van der Waals surface area contributed by atoms with Gasteiger partial charge in [-0.1, -0.05) is 15.9 Å². The average molecular weight is 354 g/mol. The number of H-pyrrole nitrogens is 1. The molecule has 1 heterocycles. The molecular weight excluding hydrogens is 342 g/mol. The van der Waals surface area contributed by atoms with E-state index < -0.39 is 17.9 Å². The van der Waals surface area contributed by atoms with Crippen molar-refractivity contribution in [1.82, 2.24) is 15.3 Å². The Balaban J connectivity index is 2.14. The summed E-state index contributed by atoms with van der Waals surface area (Å²) in [6.07, 6.45) is 2.98. The number of carboxylic acid groups (broad SMARTS) is 1. The van der Waals surface area contributed by atoms with E-state index in [0.29, 0.717) is 10.2 Å². The zero-order chi connectivity index (χ0) is 15.4. The smallest absolute Gasteiger partial charge is 0.326 e. The second-order valence-corrected chi connectivity index (χ2v) is 5.22. The number of aliphatic carboxylic acids is 1. The fraction of sp³-hybridized carbons (Fsp3) is 0.154. The van der Waals surface area contributed by atoms with Gasteiger partial charge in [0, 0.05) is 22.8 Å². The first kappa shape index (κ1) is 15.0. The topological polar surface area (TPSA) is 115 Å². The summed E-state index contributed by atoms with van der Waals surface area (Å²) in [6, 6.07) is 3.21. The number of aromatic amines is 1. The van der Waals surface area contributed by atoms with Gasteiger partial charge in [0.25, 0.3) is 5.91 Å². The highest BCUT2D eigenvalue weighted by Gasteiger charge is 2.23. The van der Waals surface area contributed by atoms with E-state index in [0.717, 1.165) is 0 Å². The first-order chi connectivity index (χ1) is 9.97. The molecule has 4 N–H and O–H groups in total. The van der Waals surface area contributed by atoms with Crippen LogP contribution < -0.4 is 5.32 Å². The van der Waals surface area contributed by atoms with E-state index in [1.54, 1.807) is 6.07 Å². The average Bonchev–Trinajstić information content (AvgIpc) is 2.93. The van der Waals surface area contributed by atoms with Gasteiger partial charge in [-0.2, -0.15) is 0 Å². The summed E-state index contributed by atoms with van der Waals surface area (Å²) < 4.78 is 0.603. The van der Waals surface area contributed by atoms with Crippen molar-refractivity contribution in [2.45, 2.75) is 12.5 Å². The van der Waals surface area contributed by atoms with E-state index in [1.807, 2.05) is 0 Å². The molecule has 1 atom stereocenters. The number of imidazole rings is 1. The van der Waals surface area contributed by atoms with Crippen LogP contribution in [0.15, 0.2) is 35.2 Å². The maximum Gasteiger partial charge on any atom is 0.326 e. The normalized spacial score (nSPS) is 11.9. The molecule has 0 aliphatic heterocycles. The number of halogens is 1. The predicted molar refractivity (Wildman–Crippen MR) is 77.0 cm³/mol. The third-order valence-corrected chi connectivity index (χ3v) is 3.28. The van der Waals surface area contributed by atoms with Crippen LogP contribution in [0.25, 0.3) is 0 Å². The number of phenolic OH excluding ortho intramolecular Hbond substituents is 1. The van der Waals surface area contributed by atoms with Crippen LogP contribution in [0.4, 0.5) is 0 Å². The monoisotopic (exact) mass is 353 g/mol. The van der Waals surface area contributed by atoms with Gasteiger partial charge < -0.3 is 20.5 Å². The van der Waals surface area contributed by atoms with Crippen molar-refractivity contribution < 1.29 is 19.8 Å². The summed E-state index contributed by atoms with van der Waals surface area (Å²) in [5.74, 6) is -2.06. The molecule has 110 valence electrons. The summed E-state index contributed by atoms with van der Waals surface area (Å²) in [7, 11) is 0. The van der Waals surface area contributed by atoms with Gasteiger partial charge >= 0.3 is 5.97 Å². The van der Waals surface area contributed by atoms with E-state index in [4.69, 9.17) is 0 Å². The van der Waals surface area contributed by atoms with Crippen LogP contribution in [0.5, 0.6) is 5.75 Å². The summed E-state index contributed by atoms with van der Waals surface area (Å²) in [6.45, 7) is 0. The molecule has 7 nitrogen and oxygen atoms in total. The molecule has 0 fully saturated rings. The van der Waals surface area contributed by atoms with Crippen LogP contribution in [0.2, 0.25) is 0 Å². The Kier molecular flexibility index (Phi) is 4.59. The number of aromatic hydroxyl groups is 1. The number of nitrogens with zero attached hydrogens (tertiary/aromatic N) is 1. The Morgan fingerprint density at radius 3 is 2.81 bits per heavy atom. The van der Waals surface area contributed by atoms with Crippen LogP contribution in [0.1, 0.15) is 16.1 Å². The quantitative estimate of drug-likeness (QED) is 0.646. The molecule has 0 spiro atoms. The molecule has 21 heavy (non-hydrogen) atoms. The molecule has 0 unspecified atom stereocenters. The van der Waals surface area contributed by atoms with Gasteiger partial charge in [-0.3, -0.25) is 4.79 Å². The van der Waals surface area contributed by atoms with Gasteiger partial charge in [-0.15, -0.1) is 0 Å². The van der Waals surface area contributed by atoms with Crippen LogP contribution in [-0.4, -0.2) is 38.1 Å². The fourth-order valence-electron chi connectivity index (χ4n) is 1.74. The highest BCUT2D eigenvalue weighted by molar-refractivity contribution is 9.10. The van der Waals surface area contributed by atoms with Crippen molar-refractivity contribution in [3.8, 4) is 5.75 Å². The number of amides is 1. The minimum absolute atomic E-state index is 0.000218. The number of benzene rings is 1. The van der Waals surface area contributed by atoms with E-state index >= 15 is 0 Å². The Labute approximate surface area is 128 Å². The molecule has 0 saturated carbocycles.